The molecule has 0 amide bonds. The highest BCUT2D eigenvalue weighted by molar-refractivity contribution is 6.30. The Morgan fingerprint density at radius 3 is 2.66 bits per heavy atom. The normalized spacial score (nSPS) is 15.3. The van der Waals surface area contributed by atoms with E-state index in [9.17, 15) is 4.79 Å². The van der Waals surface area contributed by atoms with E-state index in [-0.39, 0.29) is 5.63 Å². The van der Waals surface area contributed by atoms with Gasteiger partial charge in [-0.25, -0.2) is 4.79 Å². The minimum Gasteiger partial charge on any atom is -0.497 e. The van der Waals surface area contributed by atoms with Gasteiger partial charge in [0.25, 0.3) is 0 Å². The molecule has 1 aliphatic rings. The number of hydrogen-bond acceptors (Lipinski definition) is 4. The van der Waals surface area contributed by atoms with Crippen molar-refractivity contribution in [3.8, 4) is 22.6 Å². The molecular weight excluding hydrogens is 426 g/mol. The van der Waals surface area contributed by atoms with E-state index in [0.717, 1.165) is 57.3 Å². The minimum absolute atomic E-state index is 0.379. The molecule has 0 saturated heterocycles. The monoisotopic (exact) mass is 448 g/mol. The van der Waals surface area contributed by atoms with Crippen molar-refractivity contribution in [3.05, 3.63) is 92.8 Å². The number of methoxy groups -OCH3 is 1. The van der Waals surface area contributed by atoms with Gasteiger partial charge in [-0.1, -0.05) is 35.9 Å². The zero-order valence-corrected chi connectivity index (χ0v) is 18.7. The van der Waals surface area contributed by atoms with E-state index in [1.807, 2.05) is 49.4 Å². The van der Waals surface area contributed by atoms with Gasteiger partial charge in [0, 0.05) is 33.2 Å². The summed E-state index contributed by atoms with van der Waals surface area (Å²) in [6.07, 6.45) is 0. The summed E-state index contributed by atoms with van der Waals surface area (Å²) in [5.74, 6) is 1.57. The summed E-state index contributed by atoms with van der Waals surface area (Å²) in [5.41, 5.74) is 5.08. The molecule has 32 heavy (non-hydrogen) atoms. The van der Waals surface area contributed by atoms with Crippen LogP contribution in [0.4, 0.5) is 0 Å². The molecule has 0 fully saturated rings. The van der Waals surface area contributed by atoms with E-state index >= 15 is 0 Å². The number of ether oxygens (including phenoxy) is 2. The molecular formula is C26H23ClNO4+. The Hall–Kier alpha value is -3.28. The Kier molecular flexibility index (Phi) is 5.37. The van der Waals surface area contributed by atoms with Crippen LogP contribution in [0.3, 0.4) is 0 Å². The lowest BCUT2D eigenvalue weighted by atomic mass is 9.96. The van der Waals surface area contributed by atoms with E-state index < -0.39 is 0 Å². The maximum absolute atomic E-state index is 12.4. The zero-order chi connectivity index (χ0) is 22.2. The van der Waals surface area contributed by atoms with Gasteiger partial charge in [-0.05, 0) is 48.4 Å². The number of hydrogen-bond donors (Lipinski definition) is 1. The van der Waals surface area contributed by atoms with Gasteiger partial charge in [0.2, 0.25) is 6.73 Å². The van der Waals surface area contributed by atoms with Crippen LogP contribution in [-0.4, -0.2) is 13.8 Å². The number of rotatable bonds is 4. The SMILES string of the molecule is COc1ccc(-c2cc(=O)oc3c(C)c4c(cc23)C[NH+](Cc2cccc(Cl)c2)CO4)cc1. The maximum atomic E-state index is 12.4. The third-order valence-electron chi connectivity index (χ3n) is 5.90. The standard InChI is InChI=1S/C26H22ClNO4/c1-16-25-19(14-28(15-31-25)13-17-4-3-5-20(27)10-17)11-23-22(12-24(29)32-26(16)23)18-6-8-21(30-2)9-7-18/h3-12H,13-15H2,1-2H3/p+1. The van der Waals surface area contributed by atoms with Crippen molar-refractivity contribution >= 4 is 22.6 Å². The van der Waals surface area contributed by atoms with Gasteiger partial charge in [-0.3, -0.25) is 4.90 Å². The summed E-state index contributed by atoms with van der Waals surface area (Å²) in [5, 5.41) is 1.64. The van der Waals surface area contributed by atoms with Gasteiger partial charge in [-0.15, -0.1) is 0 Å². The molecule has 3 aromatic carbocycles. The van der Waals surface area contributed by atoms with Crippen molar-refractivity contribution in [2.45, 2.75) is 20.0 Å². The number of halogens is 1. The van der Waals surface area contributed by atoms with E-state index in [0.29, 0.717) is 12.3 Å². The van der Waals surface area contributed by atoms with Crippen LogP contribution in [0.15, 0.2) is 69.9 Å². The van der Waals surface area contributed by atoms with E-state index in [4.69, 9.17) is 25.5 Å². The second kappa shape index (κ2) is 8.34. The lowest BCUT2D eigenvalue weighted by Crippen LogP contribution is -3.10. The molecule has 1 atom stereocenters. The van der Waals surface area contributed by atoms with Crippen LogP contribution in [0.2, 0.25) is 5.02 Å². The highest BCUT2D eigenvalue weighted by Crippen LogP contribution is 2.36. The van der Waals surface area contributed by atoms with Gasteiger partial charge < -0.3 is 13.9 Å². The largest absolute Gasteiger partial charge is 0.497 e. The molecule has 0 saturated carbocycles. The van der Waals surface area contributed by atoms with Crippen LogP contribution in [-0.2, 0) is 13.1 Å². The Balaban J connectivity index is 1.57. The van der Waals surface area contributed by atoms with Crippen LogP contribution < -0.4 is 20.0 Å². The number of quaternary nitrogens is 1. The van der Waals surface area contributed by atoms with Gasteiger partial charge >= 0.3 is 5.63 Å². The molecule has 0 spiro atoms. The summed E-state index contributed by atoms with van der Waals surface area (Å²) in [4.78, 5) is 13.6. The van der Waals surface area contributed by atoms with Crippen molar-refractivity contribution in [3.63, 3.8) is 0 Å². The molecule has 0 bridgehead atoms. The number of benzene rings is 3. The average molecular weight is 449 g/mol. The van der Waals surface area contributed by atoms with Crippen molar-refractivity contribution in [1.82, 2.24) is 0 Å². The van der Waals surface area contributed by atoms with Gasteiger partial charge in [0.1, 0.15) is 30.2 Å². The maximum Gasteiger partial charge on any atom is 0.336 e. The Morgan fingerprint density at radius 2 is 1.91 bits per heavy atom. The smallest absolute Gasteiger partial charge is 0.336 e. The summed E-state index contributed by atoms with van der Waals surface area (Å²) in [7, 11) is 1.63. The Labute approximate surface area is 190 Å². The second-order valence-electron chi connectivity index (χ2n) is 8.10. The minimum atomic E-state index is -0.379. The van der Waals surface area contributed by atoms with Crippen molar-refractivity contribution in [1.29, 1.82) is 0 Å². The summed E-state index contributed by atoms with van der Waals surface area (Å²) < 4.78 is 17.0. The van der Waals surface area contributed by atoms with E-state index in [2.05, 4.69) is 12.1 Å². The van der Waals surface area contributed by atoms with Gasteiger partial charge in [-0.2, -0.15) is 0 Å². The first-order chi connectivity index (χ1) is 15.5. The highest BCUT2D eigenvalue weighted by atomic mass is 35.5. The van der Waals surface area contributed by atoms with E-state index in [1.165, 1.54) is 10.5 Å². The fraction of sp³-hybridized carbons (Fsp3) is 0.192. The molecule has 0 radical (unpaired) electrons. The van der Waals surface area contributed by atoms with Crippen LogP contribution >= 0.6 is 11.6 Å². The number of aryl methyl sites for hydroxylation is 1. The zero-order valence-electron chi connectivity index (χ0n) is 17.9. The van der Waals surface area contributed by atoms with Gasteiger partial charge in [0.15, 0.2) is 0 Å². The predicted octanol–water partition coefficient (Wildman–Crippen LogP) is 4.37. The molecule has 1 unspecified atom stereocenters. The van der Waals surface area contributed by atoms with E-state index in [1.54, 1.807) is 13.2 Å². The molecule has 1 aliphatic heterocycles. The van der Waals surface area contributed by atoms with Crippen molar-refractivity contribution in [2.24, 2.45) is 0 Å². The first kappa shape index (κ1) is 20.6. The fourth-order valence-electron chi connectivity index (χ4n) is 4.39. The van der Waals surface area contributed by atoms with Crippen LogP contribution in [0.25, 0.3) is 22.1 Å². The third-order valence-corrected chi connectivity index (χ3v) is 6.13. The average Bonchev–Trinajstić information content (AvgIpc) is 2.79. The molecule has 5 nitrogen and oxygen atoms in total. The quantitative estimate of drug-likeness (QED) is 0.471. The summed E-state index contributed by atoms with van der Waals surface area (Å²) >= 11 is 6.15. The Morgan fingerprint density at radius 1 is 1.09 bits per heavy atom. The third kappa shape index (κ3) is 3.85. The summed E-state index contributed by atoms with van der Waals surface area (Å²) in [6, 6.07) is 19.3. The van der Waals surface area contributed by atoms with Crippen molar-refractivity contribution < 1.29 is 18.8 Å². The fourth-order valence-corrected chi connectivity index (χ4v) is 4.61. The molecule has 162 valence electrons. The molecule has 6 heteroatoms. The topological polar surface area (TPSA) is 53.1 Å². The molecule has 5 rings (SSSR count). The molecule has 2 heterocycles. The number of fused-ring (bicyclic) bond motifs is 2. The van der Waals surface area contributed by atoms with Crippen LogP contribution in [0.1, 0.15) is 16.7 Å². The Bertz CT molecular complexity index is 1360. The van der Waals surface area contributed by atoms with Crippen molar-refractivity contribution in [2.75, 3.05) is 13.8 Å². The highest BCUT2D eigenvalue weighted by Gasteiger charge is 2.26. The first-order valence-corrected chi connectivity index (χ1v) is 10.8. The van der Waals surface area contributed by atoms with Crippen LogP contribution in [0, 0.1) is 6.92 Å². The lowest BCUT2D eigenvalue weighted by Gasteiger charge is -2.28. The van der Waals surface area contributed by atoms with Crippen LogP contribution in [0.5, 0.6) is 11.5 Å². The summed E-state index contributed by atoms with van der Waals surface area (Å²) in [6.45, 7) is 4.10. The predicted molar refractivity (Wildman–Crippen MR) is 125 cm³/mol. The van der Waals surface area contributed by atoms with Gasteiger partial charge in [0.05, 0.1) is 7.11 Å². The molecule has 1 N–H and O–H groups in total. The first-order valence-electron chi connectivity index (χ1n) is 10.5. The lowest BCUT2D eigenvalue weighted by molar-refractivity contribution is -0.945. The molecule has 0 aliphatic carbocycles. The second-order valence-corrected chi connectivity index (χ2v) is 8.53. The number of nitrogens with one attached hydrogen (secondary N) is 1. The molecule has 4 aromatic rings. The molecule has 1 aromatic heterocycles.